The summed E-state index contributed by atoms with van der Waals surface area (Å²) in [6.07, 6.45) is -1.35. The molecule has 0 spiro atoms. The molecule has 4 unspecified atom stereocenters. The van der Waals surface area contributed by atoms with Crippen LogP contribution in [0.2, 0.25) is 0 Å². The molecule has 1 fully saturated rings. The zero-order valence-corrected chi connectivity index (χ0v) is 13.6. The van der Waals surface area contributed by atoms with E-state index in [0.717, 1.165) is 42.2 Å². The Morgan fingerprint density at radius 2 is 1.80 bits per heavy atom. The third-order valence-corrected chi connectivity index (χ3v) is 4.90. The number of hydrogen-bond donors (Lipinski definition) is 3. The highest BCUT2D eigenvalue weighted by molar-refractivity contribution is 5.82. The number of aryl methyl sites for hydroxylation is 1. The Bertz CT molecular complexity index is 843. The molecule has 1 aromatic heterocycles. The highest BCUT2D eigenvalue weighted by Crippen LogP contribution is 2.30. The lowest BCUT2D eigenvalue weighted by Gasteiger charge is -2.34. The second-order valence-corrected chi connectivity index (χ2v) is 6.58. The summed E-state index contributed by atoms with van der Waals surface area (Å²) in [5, 5.41) is 30.0. The minimum absolute atomic E-state index is 0.140. The molecule has 1 saturated heterocycles. The van der Waals surface area contributed by atoms with Crippen LogP contribution >= 0.6 is 0 Å². The summed E-state index contributed by atoms with van der Waals surface area (Å²) in [5.41, 5.74) is 1.91. The molecular formula is C18H20O7. The molecule has 0 saturated carbocycles. The van der Waals surface area contributed by atoms with Crippen LogP contribution in [0.15, 0.2) is 27.4 Å². The summed E-state index contributed by atoms with van der Waals surface area (Å²) in [4.78, 5) is 12.2. The van der Waals surface area contributed by atoms with E-state index in [0.29, 0.717) is 11.3 Å². The smallest absolute Gasteiger partial charge is 0.339 e. The lowest BCUT2D eigenvalue weighted by molar-refractivity contribution is -0.242. The molecule has 2 aliphatic rings. The van der Waals surface area contributed by atoms with E-state index < -0.39 is 24.6 Å². The number of ether oxygens (including phenoxy) is 2. The second kappa shape index (κ2) is 6.42. The van der Waals surface area contributed by atoms with Crippen LogP contribution in [-0.4, -0.2) is 46.5 Å². The fourth-order valence-corrected chi connectivity index (χ4v) is 3.52. The van der Waals surface area contributed by atoms with E-state index in [2.05, 4.69) is 0 Å². The molecule has 3 N–H and O–H groups in total. The molecule has 4 atom stereocenters. The monoisotopic (exact) mass is 348 g/mol. The van der Waals surface area contributed by atoms with Crippen molar-refractivity contribution in [1.82, 2.24) is 0 Å². The molecule has 0 radical (unpaired) electrons. The van der Waals surface area contributed by atoms with Crippen molar-refractivity contribution >= 4 is 11.0 Å². The van der Waals surface area contributed by atoms with E-state index in [4.69, 9.17) is 13.9 Å². The van der Waals surface area contributed by atoms with Gasteiger partial charge in [-0.05, 0) is 43.4 Å². The maximum absolute atomic E-state index is 12.2. The Morgan fingerprint density at radius 1 is 1.04 bits per heavy atom. The zero-order chi connectivity index (χ0) is 17.6. The van der Waals surface area contributed by atoms with Crippen LogP contribution in [0.3, 0.4) is 0 Å². The van der Waals surface area contributed by atoms with E-state index in [1.807, 2.05) is 6.07 Å². The standard InChI is InChI=1S/C18H20O7/c19-13-8-23-18(16(21)15(13)20)24-9-5-6-11-10-3-1-2-4-12(10)17(22)25-14(11)7-9/h5-7,13,15-16,18-21H,1-4,8H2. The van der Waals surface area contributed by atoms with Crippen molar-refractivity contribution in [2.45, 2.75) is 50.3 Å². The van der Waals surface area contributed by atoms with Gasteiger partial charge < -0.3 is 29.2 Å². The predicted molar refractivity (Wildman–Crippen MR) is 87.5 cm³/mol. The molecule has 7 heteroatoms. The zero-order valence-electron chi connectivity index (χ0n) is 13.6. The highest BCUT2D eigenvalue weighted by atomic mass is 16.7. The van der Waals surface area contributed by atoms with Crippen LogP contribution in [0, 0.1) is 0 Å². The largest absolute Gasteiger partial charge is 0.462 e. The van der Waals surface area contributed by atoms with Crippen LogP contribution in [0.1, 0.15) is 24.0 Å². The van der Waals surface area contributed by atoms with E-state index in [1.165, 1.54) is 0 Å². The molecular weight excluding hydrogens is 328 g/mol. The van der Waals surface area contributed by atoms with Gasteiger partial charge in [0.2, 0.25) is 6.29 Å². The maximum atomic E-state index is 12.2. The van der Waals surface area contributed by atoms with E-state index in [9.17, 15) is 20.1 Å². The molecule has 0 bridgehead atoms. The molecule has 25 heavy (non-hydrogen) atoms. The van der Waals surface area contributed by atoms with E-state index in [-0.39, 0.29) is 12.2 Å². The number of hydrogen-bond acceptors (Lipinski definition) is 7. The summed E-state index contributed by atoms with van der Waals surface area (Å²) in [6, 6.07) is 5.13. The van der Waals surface area contributed by atoms with Gasteiger partial charge in [-0.3, -0.25) is 0 Å². The number of rotatable bonds is 2. The summed E-state index contributed by atoms with van der Waals surface area (Å²) >= 11 is 0. The van der Waals surface area contributed by atoms with Crippen molar-refractivity contribution < 1.29 is 29.2 Å². The van der Waals surface area contributed by atoms with Gasteiger partial charge in [-0.15, -0.1) is 0 Å². The quantitative estimate of drug-likeness (QED) is 0.678. The number of fused-ring (bicyclic) bond motifs is 3. The first-order chi connectivity index (χ1) is 12.0. The lowest BCUT2D eigenvalue weighted by Crippen LogP contribution is -2.54. The van der Waals surface area contributed by atoms with Crippen LogP contribution in [0.25, 0.3) is 11.0 Å². The normalized spacial score (nSPS) is 29.4. The predicted octanol–water partition coefficient (Wildman–Crippen LogP) is 0.490. The van der Waals surface area contributed by atoms with Crippen LogP contribution in [0.5, 0.6) is 5.75 Å². The molecule has 0 amide bonds. The van der Waals surface area contributed by atoms with Crippen molar-refractivity contribution in [3.05, 3.63) is 39.7 Å². The Hall–Kier alpha value is -1.93. The van der Waals surface area contributed by atoms with Gasteiger partial charge in [-0.1, -0.05) is 0 Å². The lowest BCUT2D eigenvalue weighted by atomic mass is 9.91. The van der Waals surface area contributed by atoms with Crippen LogP contribution in [0.4, 0.5) is 0 Å². The van der Waals surface area contributed by atoms with Gasteiger partial charge in [0.15, 0.2) is 0 Å². The summed E-state index contributed by atoms with van der Waals surface area (Å²) in [6.45, 7) is -0.140. The molecule has 2 heterocycles. The van der Waals surface area contributed by atoms with Gasteiger partial charge in [0.05, 0.1) is 6.61 Å². The maximum Gasteiger partial charge on any atom is 0.339 e. The Kier molecular flexibility index (Phi) is 4.24. The summed E-state index contributed by atoms with van der Waals surface area (Å²) < 4.78 is 16.2. The van der Waals surface area contributed by atoms with Crippen molar-refractivity contribution in [1.29, 1.82) is 0 Å². The average Bonchev–Trinajstić information content (AvgIpc) is 2.62. The Labute approximate surface area is 143 Å². The van der Waals surface area contributed by atoms with Gasteiger partial charge in [-0.2, -0.15) is 0 Å². The van der Waals surface area contributed by atoms with Gasteiger partial charge in [0.25, 0.3) is 0 Å². The van der Waals surface area contributed by atoms with Gasteiger partial charge in [0, 0.05) is 17.0 Å². The van der Waals surface area contributed by atoms with Crippen LogP contribution in [-0.2, 0) is 17.6 Å². The van der Waals surface area contributed by atoms with Crippen molar-refractivity contribution in [3.63, 3.8) is 0 Å². The summed E-state index contributed by atoms with van der Waals surface area (Å²) in [7, 11) is 0. The molecule has 2 aromatic rings. The highest BCUT2D eigenvalue weighted by Gasteiger charge is 2.39. The first-order valence-electron chi connectivity index (χ1n) is 8.45. The molecule has 7 nitrogen and oxygen atoms in total. The molecule has 1 aromatic carbocycles. The third-order valence-electron chi connectivity index (χ3n) is 4.90. The summed E-state index contributed by atoms with van der Waals surface area (Å²) in [5.74, 6) is 0.346. The first-order valence-corrected chi connectivity index (χ1v) is 8.45. The fourth-order valence-electron chi connectivity index (χ4n) is 3.52. The van der Waals surface area contributed by atoms with Gasteiger partial charge in [-0.25, -0.2) is 4.79 Å². The topological polar surface area (TPSA) is 109 Å². The average molecular weight is 348 g/mol. The first kappa shape index (κ1) is 16.5. The van der Waals surface area contributed by atoms with Gasteiger partial charge in [0.1, 0.15) is 29.6 Å². The fraction of sp³-hybridized carbons (Fsp3) is 0.500. The van der Waals surface area contributed by atoms with E-state index >= 15 is 0 Å². The van der Waals surface area contributed by atoms with Crippen molar-refractivity contribution in [3.8, 4) is 5.75 Å². The Balaban J connectivity index is 1.65. The minimum atomic E-state index is -1.38. The Morgan fingerprint density at radius 3 is 2.60 bits per heavy atom. The number of benzene rings is 1. The van der Waals surface area contributed by atoms with E-state index in [1.54, 1.807) is 12.1 Å². The van der Waals surface area contributed by atoms with Gasteiger partial charge >= 0.3 is 5.63 Å². The second-order valence-electron chi connectivity index (χ2n) is 6.58. The van der Waals surface area contributed by atoms with Crippen molar-refractivity contribution in [2.75, 3.05) is 6.61 Å². The van der Waals surface area contributed by atoms with Crippen molar-refractivity contribution in [2.24, 2.45) is 0 Å². The third kappa shape index (κ3) is 2.93. The molecule has 134 valence electrons. The molecule has 1 aliphatic heterocycles. The molecule has 1 aliphatic carbocycles. The molecule has 4 rings (SSSR count). The number of aliphatic hydroxyl groups is 3. The SMILES string of the molecule is O=c1oc2cc(OC3OCC(O)C(O)C3O)ccc2c2c1CCCC2. The number of aliphatic hydroxyl groups excluding tert-OH is 3. The minimum Gasteiger partial charge on any atom is -0.462 e. The van der Waals surface area contributed by atoms with Crippen LogP contribution < -0.4 is 10.4 Å².